The minimum absolute atomic E-state index is 0.00601. The Morgan fingerprint density at radius 3 is 2.38 bits per heavy atom. The third-order valence-corrected chi connectivity index (χ3v) is 5.85. The van der Waals surface area contributed by atoms with E-state index >= 15 is 0 Å². The fraction of sp³-hybridized carbons (Fsp3) is 0.176. The Kier molecular flexibility index (Phi) is 4.64. The van der Waals surface area contributed by atoms with Gasteiger partial charge in [0.05, 0.1) is 24.1 Å². The van der Waals surface area contributed by atoms with Gasteiger partial charge in [-0.25, -0.2) is 17.2 Å². The van der Waals surface area contributed by atoms with Crippen molar-refractivity contribution in [2.45, 2.75) is 11.8 Å². The van der Waals surface area contributed by atoms with Crippen LogP contribution in [0.5, 0.6) is 5.88 Å². The number of pyridine rings is 1. The summed E-state index contributed by atoms with van der Waals surface area (Å²) in [5, 5.41) is 0.499. The van der Waals surface area contributed by atoms with E-state index in [1.807, 2.05) is 6.92 Å². The summed E-state index contributed by atoms with van der Waals surface area (Å²) in [5.74, 6) is -0.703. The zero-order valence-corrected chi connectivity index (χ0v) is 15.8. The number of aryl methyl sites for hydroxylation is 1. The number of benzene rings is 1. The predicted octanol–water partition coefficient (Wildman–Crippen LogP) is 3.03. The van der Waals surface area contributed by atoms with E-state index in [0.29, 0.717) is 5.39 Å². The minimum Gasteiger partial charge on any atom is -0.481 e. The van der Waals surface area contributed by atoms with Gasteiger partial charge < -0.3 is 9.47 Å². The van der Waals surface area contributed by atoms with Gasteiger partial charge in [0.1, 0.15) is 5.69 Å². The van der Waals surface area contributed by atoms with Crippen LogP contribution in [0.2, 0.25) is 5.02 Å². The van der Waals surface area contributed by atoms with Gasteiger partial charge in [-0.1, -0.05) is 29.3 Å². The summed E-state index contributed by atoms with van der Waals surface area (Å²) in [7, 11) is -1.58. The molecule has 9 heteroatoms. The van der Waals surface area contributed by atoms with Crippen molar-refractivity contribution in [3.05, 3.63) is 52.7 Å². The topological polar surface area (TPSA) is 87.5 Å². The van der Waals surface area contributed by atoms with Gasteiger partial charge in [-0.15, -0.1) is 0 Å². The number of ether oxygens (including phenoxy) is 2. The summed E-state index contributed by atoms with van der Waals surface area (Å²) < 4.78 is 37.0. The molecule has 3 rings (SSSR count). The molecule has 0 atom stereocenters. The van der Waals surface area contributed by atoms with E-state index in [4.69, 9.17) is 21.1 Å². The zero-order valence-electron chi connectivity index (χ0n) is 14.2. The van der Waals surface area contributed by atoms with Crippen LogP contribution in [0, 0.1) is 6.92 Å². The summed E-state index contributed by atoms with van der Waals surface area (Å²) in [6.45, 7) is 1.84. The number of methoxy groups -OCH3 is 2. The van der Waals surface area contributed by atoms with Crippen LogP contribution < -0.4 is 4.74 Å². The van der Waals surface area contributed by atoms with Crippen molar-refractivity contribution < 1.29 is 22.7 Å². The first-order valence-corrected chi connectivity index (χ1v) is 9.28. The van der Waals surface area contributed by atoms with E-state index in [9.17, 15) is 13.2 Å². The number of hydrogen-bond donors (Lipinski definition) is 0. The Hall–Kier alpha value is -2.58. The van der Waals surface area contributed by atoms with E-state index in [1.54, 1.807) is 12.1 Å². The van der Waals surface area contributed by atoms with Crippen molar-refractivity contribution in [1.82, 2.24) is 8.96 Å². The second-order valence-corrected chi connectivity index (χ2v) is 7.68. The number of rotatable bonds is 4. The van der Waals surface area contributed by atoms with Gasteiger partial charge in [0, 0.05) is 11.5 Å². The fourth-order valence-corrected chi connectivity index (χ4v) is 4.17. The summed E-state index contributed by atoms with van der Waals surface area (Å²) in [6, 6.07) is 9.02. The van der Waals surface area contributed by atoms with Gasteiger partial charge in [0.2, 0.25) is 5.88 Å². The van der Waals surface area contributed by atoms with Crippen molar-refractivity contribution in [3.8, 4) is 5.88 Å². The molecule has 0 bridgehead atoms. The first-order chi connectivity index (χ1) is 12.3. The number of halogens is 1. The Labute approximate surface area is 155 Å². The van der Waals surface area contributed by atoms with Crippen molar-refractivity contribution in [1.29, 1.82) is 0 Å². The smallest absolute Gasteiger partial charge is 0.355 e. The lowest BCUT2D eigenvalue weighted by Crippen LogP contribution is -2.19. The average Bonchev–Trinajstić information content (AvgIpc) is 3.02. The Morgan fingerprint density at radius 2 is 1.81 bits per heavy atom. The van der Waals surface area contributed by atoms with Gasteiger partial charge in [0.25, 0.3) is 10.0 Å². The highest BCUT2D eigenvalue weighted by molar-refractivity contribution is 7.90. The summed E-state index contributed by atoms with van der Waals surface area (Å²) in [6.07, 6.45) is 0. The third-order valence-electron chi connectivity index (χ3n) is 3.82. The minimum atomic E-state index is -4.13. The van der Waals surface area contributed by atoms with Gasteiger partial charge in [-0.05, 0) is 25.1 Å². The molecule has 0 saturated heterocycles. The van der Waals surface area contributed by atoms with Gasteiger partial charge >= 0.3 is 5.97 Å². The standard InChI is InChI=1S/C17H15ClN2O5S/c1-10-4-6-11(7-5-10)26(22,23)20-14(17(21)25-3)8-12-13(18)9-15(24-2)19-16(12)20/h4-9H,1-3H3. The summed E-state index contributed by atoms with van der Waals surface area (Å²) in [4.78, 5) is 16.4. The molecule has 0 unspecified atom stereocenters. The number of aromatic nitrogens is 2. The quantitative estimate of drug-likeness (QED) is 0.632. The van der Waals surface area contributed by atoms with E-state index in [0.717, 1.165) is 9.54 Å². The molecule has 0 amide bonds. The molecule has 0 fully saturated rings. The Balaban J connectivity index is 2.40. The predicted molar refractivity (Wildman–Crippen MR) is 96.4 cm³/mol. The molecule has 7 nitrogen and oxygen atoms in total. The normalized spacial score (nSPS) is 11.5. The van der Waals surface area contributed by atoms with Gasteiger partial charge in [-0.2, -0.15) is 4.98 Å². The molecule has 2 aromatic heterocycles. The number of hydrogen-bond acceptors (Lipinski definition) is 6. The highest BCUT2D eigenvalue weighted by Gasteiger charge is 2.29. The number of carbonyl (C=O) groups excluding carboxylic acids is 1. The SMILES string of the molecule is COC(=O)c1cc2c(Cl)cc(OC)nc2n1S(=O)(=O)c1ccc(C)cc1. The zero-order chi connectivity index (χ0) is 19.1. The molecule has 0 N–H and O–H groups in total. The van der Waals surface area contributed by atoms with Crippen LogP contribution >= 0.6 is 11.6 Å². The van der Waals surface area contributed by atoms with Crippen molar-refractivity contribution >= 4 is 38.6 Å². The van der Waals surface area contributed by atoms with Crippen molar-refractivity contribution in [2.24, 2.45) is 0 Å². The highest BCUT2D eigenvalue weighted by atomic mass is 35.5. The van der Waals surface area contributed by atoms with Crippen LogP contribution in [0.4, 0.5) is 0 Å². The molecule has 0 spiro atoms. The summed E-state index contributed by atoms with van der Waals surface area (Å²) >= 11 is 6.21. The molecule has 26 heavy (non-hydrogen) atoms. The molecule has 0 aliphatic carbocycles. The van der Waals surface area contributed by atoms with Crippen LogP contribution in [0.15, 0.2) is 41.3 Å². The maximum absolute atomic E-state index is 13.2. The largest absolute Gasteiger partial charge is 0.481 e. The maximum atomic E-state index is 13.2. The molecule has 0 aliphatic rings. The highest BCUT2D eigenvalue weighted by Crippen LogP contribution is 2.32. The van der Waals surface area contributed by atoms with Crippen LogP contribution in [-0.4, -0.2) is 37.6 Å². The second-order valence-electron chi connectivity index (χ2n) is 5.49. The Morgan fingerprint density at radius 1 is 1.15 bits per heavy atom. The number of esters is 1. The molecular weight excluding hydrogens is 380 g/mol. The molecule has 0 aliphatic heterocycles. The van der Waals surface area contributed by atoms with Crippen LogP contribution in [-0.2, 0) is 14.8 Å². The fourth-order valence-electron chi connectivity index (χ4n) is 2.50. The lowest BCUT2D eigenvalue weighted by molar-refractivity contribution is 0.0593. The number of fused-ring (bicyclic) bond motifs is 1. The van der Waals surface area contributed by atoms with Gasteiger partial charge in [0.15, 0.2) is 5.65 Å². The first-order valence-electron chi connectivity index (χ1n) is 7.46. The van der Waals surface area contributed by atoms with Gasteiger partial charge in [-0.3, -0.25) is 0 Å². The molecule has 3 aromatic rings. The number of nitrogens with zero attached hydrogens (tertiary/aromatic N) is 2. The van der Waals surface area contributed by atoms with E-state index in [-0.39, 0.29) is 27.1 Å². The van der Waals surface area contributed by atoms with E-state index in [1.165, 1.54) is 38.5 Å². The average molecular weight is 395 g/mol. The molecule has 0 radical (unpaired) electrons. The van der Waals surface area contributed by atoms with E-state index < -0.39 is 16.0 Å². The lowest BCUT2D eigenvalue weighted by Gasteiger charge is -2.11. The third kappa shape index (κ3) is 2.91. The lowest BCUT2D eigenvalue weighted by atomic mass is 10.2. The Bertz CT molecular complexity index is 1100. The molecule has 2 heterocycles. The van der Waals surface area contributed by atoms with Crippen molar-refractivity contribution in [2.75, 3.05) is 14.2 Å². The van der Waals surface area contributed by atoms with Crippen LogP contribution in [0.1, 0.15) is 16.1 Å². The summed E-state index contributed by atoms with van der Waals surface area (Å²) in [5.41, 5.74) is 0.679. The van der Waals surface area contributed by atoms with E-state index in [2.05, 4.69) is 4.98 Å². The maximum Gasteiger partial charge on any atom is 0.355 e. The monoisotopic (exact) mass is 394 g/mol. The molecular formula is C17H15ClN2O5S. The van der Waals surface area contributed by atoms with Crippen LogP contribution in [0.3, 0.4) is 0 Å². The molecule has 136 valence electrons. The first kappa shape index (κ1) is 18.2. The molecule has 0 saturated carbocycles. The van der Waals surface area contributed by atoms with Crippen molar-refractivity contribution in [3.63, 3.8) is 0 Å². The van der Waals surface area contributed by atoms with Crippen LogP contribution in [0.25, 0.3) is 11.0 Å². The second kappa shape index (κ2) is 6.62. The molecule has 1 aromatic carbocycles. The number of carbonyl (C=O) groups is 1.